The first-order valence-electron chi connectivity index (χ1n) is 7.50. The van der Waals surface area contributed by atoms with E-state index in [4.69, 9.17) is 0 Å². The third-order valence-electron chi connectivity index (χ3n) is 4.21. The lowest BCUT2D eigenvalue weighted by Gasteiger charge is -2.22. The lowest BCUT2D eigenvalue weighted by molar-refractivity contribution is 0.112. The summed E-state index contributed by atoms with van der Waals surface area (Å²) in [5.74, 6) is 0.987. The van der Waals surface area contributed by atoms with E-state index in [-0.39, 0.29) is 0 Å². The molecule has 0 spiro atoms. The number of hydrogen-bond donors (Lipinski definition) is 0. The monoisotopic (exact) mass is 256 g/mol. The van der Waals surface area contributed by atoms with Crippen LogP contribution in [0.1, 0.15) is 62.2 Å². The molecule has 2 fully saturated rings. The number of rotatable bonds is 2. The van der Waals surface area contributed by atoms with Crippen molar-refractivity contribution in [2.24, 2.45) is 5.92 Å². The molecule has 19 heavy (non-hydrogen) atoms. The van der Waals surface area contributed by atoms with Crippen molar-refractivity contribution in [1.82, 2.24) is 0 Å². The molecule has 2 aliphatic rings. The topological polar surface area (TPSA) is 17.1 Å². The van der Waals surface area contributed by atoms with Crippen molar-refractivity contribution < 1.29 is 4.79 Å². The fraction of sp³-hybridized carbons (Fsp3) is 0.500. The van der Waals surface area contributed by atoms with Gasteiger partial charge in [0, 0.05) is 5.56 Å². The van der Waals surface area contributed by atoms with Gasteiger partial charge in [0.05, 0.1) is 0 Å². The first-order chi connectivity index (χ1) is 9.31. The van der Waals surface area contributed by atoms with Crippen LogP contribution in [-0.2, 0) is 0 Å². The minimum atomic E-state index is 0.729. The van der Waals surface area contributed by atoms with Crippen molar-refractivity contribution in [3.05, 3.63) is 47.0 Å². The molecule has 2 saturated carbocycles. The highest BCUT2D eigenvalue weighted by Gasteiger charge is 2.22. The standard InChI is InChI=1S/C11H18.C7H6O/c1-9(11-7-8-11)10-5-3-2-4-6-10;8-6-7-4-2-1-3-5-7/h10H,2-8H2,1H3;1-6H. The summed E-state index contributed by atoms with van der Waals surface area (Å²) in [4.78, 5) is 10.0. The lowest BCUT2D eigenvalue weighted by atomic mass is 9.84. The molecule has 102 valence electrons. The van der Waals surface area contributed by atoms with Crippen LogP contribution in [0.3, 0.4) is 0 Å². The quantitative estimate of drug-likeness (QED) is 0.526. The zero-order chi connectivity index (χ0) is 13.5. The van der Waals surface area contributed by atoms with Crippen molar-refractivity contribution >= 4 is 6.29 Å². The second-order valence-electron chi connectivity index (χ2n) is 5.65. The summed E-state index contributed by atoms with van der Waals surface area (Å²) in [5.41, 5.74) is 4.29. The molecule has 3 rings (SSSR count). The second-order valence-corrected chi connectivity index (χ2v) is 5.65. The molecule has 0 heterocycles. The Morgan fingerprint density at radius 3 is 2.16 bits per heavy atom. The molecule has 0 N–H and O–H groups in total. The van der Waals surface area contributed by atoms with E-state index in [1.165, 1.54) is 44.9 Å². The number of aldehydes is 1. The summed E-state index contributed by atoms with van der Waals surface area (Å²) in [6, 6.07) is 9.10. The van der Waals surface area contributed by atoms with Crippen LogP contribution in [0.5, 0.6) is 0 Å². The molecule has 0 unspecified atom stereocenters. The number of carbonyl (C=O) groups is 1. The van der Waals surface area contributed by atoms with Gasteiger partial charge in [0.2, 0.25) is 0 Å². The highest BCUT2D eigenvalue weighted by Crippen LogP contribution is 2.39. The van der Waals surface area contributed by atoms with E-state index >= 15 is 0 Å². The van der Waals surface area contributed by atoms with Gasteiger partial charge < -0.3 is 0 Å². The van der Waals surface area contributed by atoms with Crippen LogP contribution in [0.15, 0.2) is 41.5 Å². The Morgan fingerprint density at radius 2 is 1.68 bits per heavy atom. The zero-order valence-corrected chi connectivity index (χ0v) is 11.9. The van der Waals surface area contributed by atoms with Gasteiger partial charge in [-0.3, -0.25) is 4.79 Å². The minimum absolute atomic E-state index is 0.729. The van der Waals surface area contributed by atoms with Gasteiger partial charge in [0.25, 0.3) is 0 Å². The lowest BCUT2D eigenvalue weighted by Crippen LogP contribution is -2.07. The van der Waals surface area contributed by atoms with Crippen LogP contribution >= 0.6 is 0 Å². The molecule has 2 aliphatic carbocycles. The van der Waals surface area contributed by atoms with Crippen molar-refractivity contribution in [2.45, 2.75) is 51.9 Å². The molecule has 1 heteroatoms. The maximum Gasteiger partial charge on any atom is 0.150 e. The predicted molar refractivity (Wildman–Crippen MR) is 80.3 cm³/mol. The second kappa shape index (κ2) is 7.28. The van der Waals surface area contributed by atoms with Gasteiger partial charge in [-0.1, -0.05) is 60.7 Å². The maximum atomic E-state index is 10.0. The SMILES string of the molecule is CC(=C1CC1)C1CCCCC1.O=Cc1ccccc1. The average molecular weight is 256 g/mol. The summed E-state index contributed by atoms with van der Waals surface area (Å²) >= 11 is 0. The van der Waals surface area contributed by atoms with Crippen LogP contribution in [0.25, 0.3) is 0 Å². The van der Waals surface area contributed by atoms with Gasteiger partial charge in [-0.25, -0.2) is 0 Å². The van der Waals surface area contributed by atoms with Gasteiger partial charge in [-0.05, 0) is 38.5 Å². The molecule has 1 nitrogen and oxygen atoms in total. The first-order valence-corrected chi connectivity index (χ1v) is 7.50. The highest BCUT2D eigenvalue weighted by atomic mass is 16.1. The fourth-order valence-corrected chi connectivity index (χ4v) is 2.81. The molecule has 1 aromatic rings. The van der Waals surface area contributed by atoms with Crippen molar-refractivity contribution in [3.63, 3.8) is 0 Å². The Balaban J connectivity index is 0.000000148. The largest absolute Gasteiger partial charge is 0.298 e. The van der Waals surface area contributed by atoms with Gasteiger partial charge in [-0.15, -0.1) is 0 Å². The minimum Gasteiger partial charge on any atom is -0.298 e. The van der Waals surface area contributed by atoms with Crippen LogP contribution < -0.4 is 0 Å². The van der Waals surface area contributed by atoms with Crippen LogP contribution in [0, 0.1) is 5.92 Å². The number of hydrogen-bond acceptors (Lipinski definition) is 1. The number of benzene rings is 1. The van der Waals surface area contributed by atoms with Gasteiger partial charge >= 0.3 is 0 Å². The molecule has 0 atom stereocenters. The van der Waals surface area contributed by atoms with E-state index < -0.39 is 0 Å². The fourth-order valence-electron chi connectivity index (χ4n) is 2.81. The average Bonchev–Trinajstić information content (AvgIpc) is 3.34. The van der Waals surface area contributed by atoms with E-state index in [9.17, 15) is 4.79 Å². The van der Waals surface area contributed by atoms with E-state index in [0.29, 0.717) is 0 Å². The summed E-state index contributed by atoms with van der Waals surface area (Å²) in [7, 11) is 0. The molecule has 0 saturated heterocycles. The van der Waals surface area contributed by atoms with Gasteiger partial charge in [-0.2, -0.15) is 0 Å². The highest BCUT2D eigenvalue weighted by molar-refractivity contribution is 5.74. The van der Waals surface area contributed by atoms with Crippen LogP contribution in [-0.4, -0.2) is 6.29 Å². The van der Waals surface area contributed by atoms with Gasteiger partial charge in [0.1, 0.15) is 6.29 Å². The molecule has 0 aromatic heterocycles. The molecule has 0 amide bonds. The molecule has 0 aliphatic heterocycles. The molecular formula is C18H24O. The molecular weight excluding hydrogens is 232 g/mol. The van der Waals surface area contributed by atoms with Crippen molar-refractivity contribution in [3.8, 4) is 0 Å². The molecule has 0 bridgehead atoms. The Kier molecular flexibility index (Phi) is 5.38. The third kappa shape index (κ3) is 4.66. The summed E-state index contributed by atoms with van der Waals surface area (Å²) in [6.45, 7) is 2.37. The van der Waals surface area contributed by atoms with Crippen LogP contribution in [0.2, 0.25) is 0 Å². The van der Waals surface area contributed by atoms with Crippen molar-refractivity contribution in [1.29, 1.82) is 0 Å². The zero-order valence-electron chi connectivity index (χ0n) is 11.9. The van der Waals surface area contributed by atoms with E-state index in [2.05, 4.69) is 6.92 Å². The normalized spacial score (nSPS) is 18.3. The van der Waals surface area contributed by atoms with Gasteiger partial charge in [0.15, 0.2) is 0 Å². The molecule has 1 aromatic carbocycles. The molecule has 0 radical (unpaired) electrons. The van der Waals surface area contributed by atoms with E-state index in [1.54, 1.807) is 23.3 Å². The Labute approximate surface area is 116 Å². The summed E-state index contributed by atoms with van der Waals surface area (Å²) in [5, 5.41) is 0. The van der Waals surface area contributed by atoms with Crippen molar-refractivity contribution in [2.75, 3.05) is 0 Å². The van der Waals surface area contributed by atoms with Crippen LogP contribution in [0.4, 0.5) is 0 Å². The smallest absolute Gasteiger partial charge is 0.150 e. The van der Waals surface area contributed by atoms with E-state index in [1.807, 2.05) is 18.2 Å². The summed E-state index contributed by atoms with van der Waals surface area (Å²) in [6.07, 6.45) is 11.1. The number of allylic oxidation sites excluding steroid dienone is 2. The third-order valence-corrected chi connectivity index (χ3v) is 4.21. The summed E-state index contributed by atoms with van der Waals surface area (Å²) < 4.78 is 0. The number of carbonyl (C=O) groups excluding carboxylic acids is 1. The predicted octanol–water partition coefficient (Wildman–Crippen LogP) is 5.18. The Bertz CT molecular complexity index is 418. The Hall–Kier alpha value is -1.37. The Morgan fingerprint density at radius 1 is 1.05 bits per heavy atom. The van der Waals surface area contributed by atoms with E-state index in [0.717, 1.165) is 17.8 Å². The first kappa shape index (κ1) is 14.0. The maximum absolute atomic E-state index is 10.0.